The fourth-order valence-corrected chi connectivity index (χ4v) is 3.15. The molecule has 7 heteroatoms. The van der Waals surface area contributed by atoms with E-state index in [4.69, 9.17) is 9.47 Å². The van der Waals surface area contributed by atoms with E-state index in [9.17, 15) is 25.2 Å². The lowest BCUT2D eigenvalue weighted by Crippen LogP contribution is -2.41. The van der Waals surface area contributed by atoms with Crippen LogP contribution in [0.4, 0.5) is 0 Å². The van der Waals surface area contributed by atoms with Gasteiger partial charge in [-0.3, -0.25) is 4.79 Å². The van der Waals surface area contributed by atoms with Gasteiger partial charge in [0.25, 0.3) is 0 Å². The first-order valence-corrected chi connectivity index (χ1v) is 8.66. The highest BCUT2D eigenvalue weighted by Gasteiger charge is 2.46. The second-order valence-corrected chi connectivity index (χ2v) is 7.14. The maximum atomic E-state index is 12.9. The van der Waals surface area contributed by atoms with Crippen molar-refractivity contribution in [2.45, 2.75) is 31.7 Å². The van der Waals surface area contributed by atoms with Gasteiger partial charge in [-0.25, -0.2) is 0 Å². The Morgan fingerprint density at radius 1 is 1.21 bits per heavy atom. The summed E-state index contributed by atoms with van der Waals surface area (Å²) in [4.78, 5) is 12.9. The molecular weight excluding hydrogens is 364 g/mol. The normalized spacial score (nSPS) is 18.8. The number of aliphatic hydroxyl groups excluding tert-OH is 1. The van der Waals surface area contributed by atoms with E-state index in [-0.39, 0.29) is 34.1 Å². The summed E-state index contributed by atoms with van der Waals surface area (Å²) in [5.41, 5.74) is -0.651. The van der Waals surface area contributed by atoms with Gasteiger partial charge in [0.05, 0.1) is 18.3 Å². The van der Waals surface area contributed by atoms with Gasteiger partial charge < -0.3 is 29.9 Å². The minimum absolute atomic E-state index is 0.0168. The van der Waals surface area contributed by atoms with Gasteiger partial charge in [0.2, 0.25) is 0 Å². The largest absolute Gasteiger partial charge is 0.508 e. The molecule has 0 unspecified atom stereocenters. The van der Waals surface area contributed by atoms with Crippen molar-refractivity contribution in [3.8, 4) is 23.0 Å². The Kier molecular flexibility index (Phi) is 5.06. The van der Waals surface area contributed by atoms with Crippen LogP contribution in [0.2, 0.25) is 0 Å². The highest BCUT2D eigenvalue weighted by atomic mass is 16.5. The zero-order valence-corrected chi connectivity index (χ0v) is 15.7. The van der Waals surface area contributed by atoms with Crippen LogP contribution in [-0.2, 0) is 0 Å². The van der Waals surface area contributed by atoms with Crippen LogP contribution in [-0.4, -0.2) is 45.0 Å². The molecule has 1 aliphatic heterocycles. The minimum atomic E-state index is -1.42. The number of allylic oxidation sites excluding steroid dienone is 1. The topological polar surface area (TPSA) is 116 Å². The number of phenolic OH excluding ortho intramolecular Hbond substituents is 2. The predicted octanol–water partition coefficient (Wildman–Crippen LogP) is 2.57. The molecule has 1 heterocycles. The molecule has 3 rings (SSSR count). The molecule has 2 aromatic carbocycles. The number of carbonyl (C=O) groups is 1. The summed E-state index contributed by atoms with van der Waals surface area (Å²) < 4.78 is 10.9. The average Bonchev–Trinajstić information content (AvgIpc) is 2.99. The summed E-state index contributed by atoms with van der Waals surface area (Å²) >= 11 is 0. The van der Waals surface area contributed by atoms with Gasteiger partial charge in [-0.2, -0.15) is 0 Å². The van der Waals surface area contributed by atoms with Crippen molar-refractivity contribution >= 4 is 11.9 Å². The second-order valence-electron chi connectivity index (χ2n) is 7.14. The Morgan fingerprint density at radius 2 is 1.86 bits per heavy atom. The Hall–Kier alpha value is -3.03. The summed E-state index contributed by atoms with van der Waals surface area (Å²) in [6.45, 7) is 2.93. The zero-order chi connectivity index (χ0) is 20.6. The number of hydrogen-bond donors (Lipinski definition) is 4. The number of methoxy groups -OCH3 is 1. The van der Waals surface area contributed by atoms with Crippen molar-refractivity contribution in [1.29, 1.82) is 0 Å². The number of aliphatic hydroxyl groups is 2. The molecule has 0 radical (unpaired) electrons. The van der Waals surface area contributed by atoms with Gasteiger partial charge in [-0.1, -0.05) is 18.2 Å². The molecular formula is C21H22O7. The first-order valence-electron chi connectivity index (χ1n) is 8.66. The number of carbonyl (C=O) groups excluding carboxylic acids is 1. The van der Waals surface area contributed by atoms with Crippen LogP contribution in [0.15, 0.2) is 36.4 Å². The van der Waals surface area contributed by atoms with Crippen LogP contribution in [0.5, 0.6) is 23.0 Å². The molecule has 1 aliphatic rings. The fraction of sp³-hybridized carbons (Fsp3) is 0.286. The lowest BCUT2D eigenvalue weighted by molar-refractivity contribution is -0.0765. The summed E-state index contributed by atoms with van der Waals surface area (Å²) in [6.07, 6.45) is 0.482. The molecule has 0 aliphatic carbocycles. The zero-order valence-electron chi connectivity index (χ0n) is 15.7. The summed E-state index contributed by atoms with van der Waals surface area (Å²) in [6, 6.07) is 7.51. The van der Waals surface area contributed by atoms with Crippen molar-refractivity contribution in [3.63, 3.8) is 0 Å². The van der Waals surface area contributed by atoms with Gasteiger partial charge in [-0.15, -0.1) is 0 Å². The predicted molar refractivity (Wildman–Crippen MR) is 102 cm³/mol. The molecule has 2 aromatic rings. The molecule has 0 amide bonds. The van der Waals surface area contributed by atoms with Crippen molar-refractivity contribution in [2.75, 3.05) is 7.11 Å². The first-order chi connectivity index (χ1) is 13.1. The molecule has 7 nitrogen and oxygen atoms in total. The monoisotopic (exact) mass is 386 g/mol. The van der Waals surface area contributed by atoms with E-state index in [0.29, 0.717) is 5.56 Å². The molecule has 0 saturated heterocycles. The van der Waals surface area contributed by atoms with Crippen molar-refractivity contribution in [1.82, 2.24) is 0 Å². The van der Waals surface area contributed by atoms with E-state index in [2.05, 4.69) is 0 Å². The van der Waals surface area contributed by atoms with Crippen LogP contribution in [0.1, 0.15) is 41.4 Å². The van der Waals surface area contributed by atoms with Crippen LogP contribution in [0, 0.1) is 0 Å². The van der Waals surface area contributed by atoms with E-state index in [1.165, 1.54) is 45.2 Å². The van der Waals surface area contributed by atoms with E-state index < -0.39 is 23.6 Å². The average molecular weight is 386 g/mol. The first kappa shape index (κ1) is 19.7. The molecule has 4 N–H and O–H groups in total. The van der Waals surface area contributed by atoms with Gasteiger partial charge in [0.15, 0.2) is 11.9 Å². The highest BCUT2D eigenvalue weighted by molar-refractivity contribution is 6.11. The molecule has 2 atom stereocenters. The van der Waals surface area contributed by atoms with Gasteiger partial charge in [0.1, 0.15) is 34.7 Å². The Labute approximate surface area is 162 Å². The number of ketones is 1. The van der Waals surface area contributed by atoms with Gasteiger partial charge in [-0.05, 0) is 37.6 Å². The number of benzene rings is 2. The number of hydrogen-bond acceptors (Lipinski definition) is 7. The lowest BCUT2D eigenvalue weighted by Gasteiger charge is -2.27. The Morgan fingerprint density at radius 3 is 2.43 bits per heavy atom. The van der Waals surface area contributed by atoms with Crippen LogP contribution < -0.4 is 9.47 Å². The highest BCUT2D eigenvalue weighted by Crippen LogP contribution is 2.50. The van der Waals surface area contributed by atoms with Crippen LogP contribution >= 0.6 is 0 Å². The Balaban J connectivity index is 2.04. The molecule has 0 fully saturated rings. The molecule has 148 valence electrons. The quantitative estimate of drug-likeness (QED) is 0.461. The number of rotatable bonds is 5. The summed E-state index contributed by atoms with van der Waals surface area (Å²) in [5, 5.41) is 40.4. The number of fused-ring (bicyclic) bond motifs is 1. The third kappa shape index (κ3) is 3.54. The fourth-order valence-electron chi connectivity index (χ4n) is 3.15. The molecule has 0 spiro atoms. The van der Waals surface area contributed by atoms with Crippen molar-refractivity contribution in [2.24, 2.45) is 0 Å². The smallest absolute Gasteiger partial charge is 0.193 e. The third-order valence-electron chi connectivity index (χ3n) is 4.57. The molecule has 0 saturated carbocycles. The number of aromatic hydroxyl groups is 2. The van der Waals surface area contributed by atoms with E-state index in [1.54, 1.807) is 18.2 Å². The lowest BCUT2D eigenvalue weighted by atomic mass is 9.93. The van der Waals surface area contributed by atoms with E-state index in [1.807, 2.05) is 0 Å². The minimum Gasteiger partial charge on any atom is -0.508 e. The second kappa shape index (κ2) is 7.18. The maximum Gasteiger partial charge on any atom is 0.193 e. The van der Waals surface area contributed by atoms with Gasteiger partial charge >= 0.3 is 0 Å². The van der Waals surface area contributed by atoms with Crippen LogP contribution in [0.25, 0.3) is 6.08 Å². The maximum absolute atomic E-state index is 12.9. The third-order valence-corrected chi connectivity index (χ3v) is 4.57. The van der Waals surface area contributed by atoms with E-state index >= 15 is 0 Å². The standard InChI is InChI=1S/C21H22O7/c1-21(2,26)20-18(25)17-14(24)10-15(27-3)16(19(17)28-20)13(23)9-6-11-4-7-12(22)8-5-11/h4-10,18,20,22,24-26H,1-3H3/b9-6+/t18-,20-/m1/s1. The Bertz CT molecular complexity index is 923. The SMILES string of the molecule is COc1cc(O)c2c(c1C(=O)/C=C/c1ccc(O)cc1)O[C@@H](C(C)(C)O)[C@@H]2O. The summed E-state index contributed by atoms with van der Waals surface area (Å²) in [5.74, 6) is -0.575. The van der Waals surface area contributed by atoms with Crippen molar-refractivity contribution in [3.05, 3.63) is 53.1 Å². The van der Waals surface area contributed by atoms with Crippen molar-refractivity contribution < 1.29 is 34.7 Å². The molecule has 0 bridgehead atoms. The molecule has 0 aromatic heterocycles. The molecule has 28 heavy (non-hydrogen) atoms. The summed E-state index contributed by atoms with van der Waals surface area (Å²) in [7, 11) is 1.35. The number of phenols is 2. The number of ether oxygens (including phenoxy) is 2. The van der Waals surface area contributed by atoms with Crippen LogP contribution in [0.3, 0.4) is 0 Å². The van der Waals surface area contributed by atoms with E-state index in [0.717, 1.165) is 0 Å². The van der Waals surface area contributed by atoms with Gasteiger partial charge in [0, 0.05) is 6.07 Å².